The molecule has 1 heterocycles. The van der Waals surface area contributed by atoms with Crippen LogP contribution in [0, 0.1) is 5.92 Å². The number of hydrogen-bond donors (Lipinski definition) is 2. The molecule has 4 nitrogen and oxygen atoms in total. The van der Waals surface area contributed by atoms with Gasteiger partial charge < -0.3 is 10.6 Å². The molecule has 1 aliphatic rings. The van der Waals surface area contributed by atoms with E-state index in [1.165, 1.54) is 11.3 Å². The fraction of sp³-hybridized carbons (Fsp3) is 0.294. The third-order valence-electron chi connectivity index (χ3n) is 3.88. The van der Waals surface area contributed by atoms with Crippen LogP contribution in [0.3, 0.4) is 0 Å². The topological polar surface area (TPSA) is 58.2 Å². The molecule has 0 spiro atoms. The van der Waals surface area contributed by atoms with Crippen molar-refractivity contribution in [2.45, 2.75) is 25.8 Å². The van der Waals surface area contributed by atoms with Gasteiger partial charge in [-0.3, -0.25) is 9.59 Å². The van der Waals surface area contributed by atoms with E-state index in [4.69, 9.17) is 23.2 Å². The van der Waals surface area contributed by atoms with Gasteiger partial charge >= 0.3 is 0 Å². The molecule has 1 aromatic carbocycles. The van der Waals surface area contributed by atoms with Crippen molar-refractivity contribution in [2.24, 2.45) is 5.92 Å². The highest BCUT2D eigenvalue weighted by Crippen LogP contribution is 2.32. The number of amides is 2. The van der Waals surface area contributed by atoms with Gasteiger partial charge in [0.2, 0.25) is 5.91 Å². The lowest BCUT2D eigenvalue weighted by Gasteiger charge is -2.15. The van der Waals surface area contributed by atoms with E-state index in [9.17, 15) is 9.59 Å². The number of nitrogens with one attached hydrogen (secondary N) is 2. The first kappa shape index (κ1) is 17.3. The highest BCUT2D eigenvalue weighted by molar-refractivity contribution is 7.20. The van der Waals surface area contributed by atoms with E-state index in [0.717, 1.165) is 24.1 Å². The van der Waals surface area contributed by atoms with Gasteiger partial charge in [-0.05, 0) is 43.5 Å². The zero-order chi connectivity index (χ0) is 17.3. The van der Waals surface area contributed by atoms with Crippen LogP contribution in [0.25, 0.3) is 0 Å². The van der Waals surface area contributed by atoms with Crippen LogP contribution < -0.4 is 10.6 Å². The van der Waals surface area contributed by atoms with Crippen molar-refractivity contribution in [3.8, 4) is 0 Å². The summed E-state index contributed by atoms with van der Waals surface area (Å²) in [4.78, 5) is 24.0. The van der Waals surface area contributed by atoms with Gasteiger partial charge in [0.05, 0.1) is 15.9 Å². The number of benzene rings is 1. The number of carbonyl (C=O) groups is 2. The summed E-state index contributed by atoms with van der Waals surface area (Å²) in [5.41, 5.74) is 2.08. The van der Waals surface area contributed by atoms with E-state index in [0.29, 0.717) is 14.2 Å². The molecule has 1 atom stereocenters. The number of rotatable bonds is 5. The normalized spacial score (nSPS) is 15.0. The summed E-state index contributed by atoms with van der Waals surface area (Å²) >= 11 is 13.0. The standard InChI is InChI=1S/C17H16Cl2N2O2S/c1-9(20-17(23)13-8-14(18)24-15(13)19)10-4-6-12(7-5-10)21-16(22)11-2-3-11/h4-9,11H,2-3H2,1H3,(H,20,23)(H,21,22). The van der Waals surface area contributed by atoms with Gasteiger partial charge in [-0.2, -0.15) is 0 Å². The highest BCUT2D eigenvalue weighted by atomic mass is 35.5. The summed E-state index contributed by atoms with van der Waals surface area (Å²) in [7, 11) is 0. The number of anilines is 1. The zero-order valence-electron chi connectivity index (χ0n) is 12.9. The Morgan fingerprint density at radius 3 is 2.42 bits per heavy atom. The maximum Gasteiger partial charge on any atom is 0.254 e. The van der Waals surface area contributed by atoms with Crippen LogP contribution in [0.4, 0.5) is 5.69 Å². The van der Waals surface area contributed by atoms with E-state index in [2.05, 4.69) is 10.6 Å². The zero-order valence-corrected chi connectivity index (χ0v) is 15.3. The molecule has 1 saturated carbocycles. The minimum absolute atomic E-state index is 0.0769. The summed E-state index contributed by atoms with van der Waals surface area (Å²) in [6.07, 6.45) is 1.95. The largest absolute Gasteiger partial charge is 0.345 e. The minimum Gasteiger partial charge on any atom is -0.345 e. The third kappa shape index (κ3) is 4.09. The van der Waals surface area contributed by atoms with E-state index in [-0.39, 0.29) is 23.8 Å². The average Bonchev–Trinajstić information content (AvgIpc) is 3.33. The summed E-state index contributed by atoms with van der Waals surface area (Å²) in [5, 5.41) is 5.78. The fourth-order valence-electron chi connectivity index (χ4n) is 2.30. The molecule has 1 aromatic heterocycles. The van der Waals surface area contributed by atoms with Gasteiger partial charge in [-0.1, -0.05) is 35.3 Å². The summed E-state index contributed by atoms with van der Waals surface area (Å²) < 4.78 is 0.858. The number of halogens is 2. The summed E-state index contributed by atoms with van der Waals surface area (Å²) in [5.74, 6) is -0.0140. The van der Waals surface area contributed by atoms with Crippen LogP contribution >= 0.6 is 34.5 Å². The van der Waals surface area contributed by atoms with E-state index in [1.807, 2.05) is 31.2 Å². The Kier molecular flexibility index (Phi) is 5.13. The SMILES string of the molecule is CC(NC(=O)c1cc(Cl)sc1Cl)c1ccc(NC(=O)C2CC2)cc1. The Bertz CT molecular complexity index is 769. The molecule has 2 amide bonds. The molecule has 2 aromatic rings. The fourth-order valence-corrected chi connectivity index (χ4v) is 3.76. The van der Waals surface area contributed by atoms with Crippen molar-refractivity contribution in [3.05, 3.63) is 50.1 Å². The number of thiophene rings is 1. The average molecular weight is 383 g/mol. The van der Waals surface area contributed by atoms with Crippen molar-refractivity contribution in [2.75, 3.05) is 5.32 Å². The molecule has 7 heteroatoms. The first-order valence-corrected chi connectivity index (χ1v) is 9.18. The first-order valence-electron chi connectivity index (χ1n) is 7.60. The second-order valence-electron chi connectivity index (χ2n) is 5.82. The van der Waals surface area contributed by atoms with Crippen LogP contribution in [-0.4, -0.2) is 11.8 Å². The van der Waals surface area contributed by atoms with Crippen LogP contribution in [-0.2, 0) is 4.79 Å². The molecule has 1 aliphatic carbocycles. The van der Waals surface area contributed by atoms with Crippen LogP contribution in [0.1, 0.15) is 41.7 Å². The monoisotopic (exact) mass is 382 g/mol. The molecular formula is C17H16Cl2N2O2S. The lowest BCUT2D eigenvalue weighted by atomic mass is 10.1. The maximum atomic E-state index is 12.3. The molecule has 0 saturated heterocycles. The maximum absolute atomic E-state index is 12.3. The predicted molar refractivity (Wildman–Crippen MR) is 98.0 cm³/mol. The molecule has 1 fully saturated rings. The summed E-state index contributed by atoms with van der Waals surface area (Å²) in [6.45, 7) is 1.89. The third-order valence-corrected chi connectivity index (χ3v) is 5.36. The molecule has 126 valence electrons. The molecular weight excluding hydrogens is 367 g/mol. The molecule has 3 rings (SSSR count). The molecule has 0 radical (unpaired) electrons. The lowest BCUT2D eigenvalue weighted by molar-refractivity contribution is -0.117. The van der Waals surface area contributed by atoms with Crippen LogP contribution in [0.15, 0.2) is 30.3 Å². The van der Waals surface area contributed by atoms with Crippen molar-refractivity contribution in [1.82, 2.24) is 5.32 Å². The highest BCUT2D eigenvalue weighted by Gasteiger charge is 2.29. The lowest BCUT2D eigenvalue weighted by Crippen LogP contribution is -2.26. The van der Waals surface area contributed by atoms with E-state index < -0.39 is 0 Å². The van der Waals surface area contributed by atoms with E-state index in [1.54, 1.807) is 6.07 Å². The van der Waals surface area contributed by atoms with Gasteiger partial charge in [0, 0.05) is 11.6 Å². The number of hydrogen-bond acceptors (Lipinski definition) is 3. The van der Waals surface area contributed by atoms with Crippen LogP contribution in [0.5, 0.6) is 0 Å². The Morgan fingerprint density at radius 2 is 1.88 bits per heavy atom. The smallest absolute Gasteiger partial charge is 0.254 e. The first-order chi connectivity index (χ1) is 11.4. The molecule has 0 aliphatic heterocycles. The van der Waals surface area contributed by atoms with E-state index >= 15 is 0 Å². The molecule has 1 unspecified atom stereocenters. The van der Waals surface area contributed by atoms with Gasteiger partial charge in [0.25, 0.3) is 5.91 Å². The van der Waals surface area contributed by atoms with Crippen molar-refractivity contribution >= 4 is 52.0 Å². The minimum atomic E-state index is -0.262. The van der Waals surface area contributed by atoms with Gasteiger partial charge in [-0.15, -0.1) is 11.3 Å². The molecule has 24 heavy (non-hydrogen) atoms. The second kappa shape index (κ2) is 7.13. The van der Waals surface area contributed by atoms with Gasteiger partial charge in [0.15, 0.2) is 0 Å². The van der Waals surface area contributed by atoms with Crippen molar-refractivity contribution < 1.29 is 9.59 Å². The van der Waals surface area contributed by atoms with Crippen LogP contribution in [0.2, 0.25) is 8.67 Å². The molecule has 2 N–H and O–H groups in total. The summed E-state index contributed by atoms with van der Waals surface area (Å²) in [6, 6.07) is 8.82. The Labute approximate surface area is 154 Å². The molecule has 0 bridgehead atoms. The number of carbonyl (C=O) groups excluding carboxylic acids is 2. The quantitative estimate of drug-likeness (QED) is 0.772. The van der Waals surface area contributed by atoms with Crippen molar-refractivity contribution in [1.29, 1.82) is 0 Å². The Balaban J connectivity index is 1.62. The van der Waals surface area contributed by atoms with Crippen molar-refractivity contribution in [3.63, 3.8) is 0 Å². The second-order valence-corrected chi connectivity index (χ2v) is 8.10. The van der Waals surface area contributed by atoms with Gasteiger partial charge in [0.1, 0.15) is 4.34 Å². The Hall–Kier alpha value is -1.56. The predicted octanol–water partition coefficient (Wildman–Crippen LogP) is 4.89. The van der Waals surface area contributed by atoms with Gasteiger partial charge in [-0.25, -0.2) is 0 Å². The Morgan fingerprint density at radius 1 is 1.21 bits per heavy atom.